The smallest absolute Gasteiger partial charge is 0.261 e. The van der Waals surface area contributed by atoms with E-state index >= 15 is 9.59 Å². The average molecular weight is 911 g/mol. The van der Waals surface area contributed by atoms with Gasteiger partial charge in [-0.05, 0) is 12.1 Å². The van der Waals surface area contributed by atoms with Crippen molar-refractivity contribution in [2.45, 2.75) is 189 Å². The standard InChI is InChI=1S/C56H82N2O8/c1-45(2,3)37-31-53(49(13,14)15)63-41(47(7,8)9)39(55(61-37,65-53)51(19,20)21)43(59)57-35-29-25-28-34-33(35)27-26-30-36(34)58-44(60)40-42(48(10,11)12)64-54(50(16,17)18)32-38(46(4,5)6)62-56(40,66-54)52(22,23)24/h25-32H,1-24H3,(H,57,59)(H,58,60). The van der Waals surface area contributed by atoms with Crippen LogP contribution < -0.4 is 10.6 Å². The van der Waals surface area contributed by atoms with Crippen LogP contribution in [-0.2, 0) is 38.0 Å². The molecule has 0 aromatic heterocycles. The van der Waals surface area contributed by atoms with E-state index in [4.69, 9.17) is 28.4 Å². The SMILES string of the molecule is CC(C)(C)C1=CC2(C(C)(C)C)OC(C(C)(C)C)=C(C(=O)Nc3cccc4c(NC(=O)C5=C(C(C)(C)C)OC6(C(C)(C)C)C=C(C(C)(C)C)OC5(C(C)(C)C)O6)cccc34)C(C(C)(C)C)(O1)O2. The Morgan fingerprint density at radius 2 is 0.712 bits per heavy atom. The number of amides is 2. The monoisotopic (exact) mass is 911 g/mol. The fourth-order valence-electron chi connectivity index (χ4n) is 8.86. The number of rotatable bonds is 4. The molecule has 2 aromatic rings. The maximum absolute atomic E-state index is 15.4. The van der Waals surface area contributed by atoms with Gasteiger partial charge in [-0.25, -0.2) is 0 Å². The van der Waals surface area contributed by atoms with Crippen molar-refractivity contribution in [3.05, 3.63) is 82.7 Å². The quantitative estimate of drug-likeness (QED) is 0.312. The summed E-state index contributed by atoms with van der Waals surface area (Å²) < 4.78 is 42.7. The Morgan fingerprint density at radius 3 is 0.955 bits per heavy atom. The van der Waals surface area contributed by atoms with E-state index in [-0.39, 0.29) is 11.1 Å². The van der Waals surface area contributed by atoms with E-state index in [1.165, 1.54) is 0 Å². The van der Waals surface area contributed by atoms with Crippen LogP contribution in [-0.4, -0.2) is 35.0 Å². The van der Waals surface area contributed by atoms with Crippen LogP contribution in [0.3, 0.4) is 0 Å². The Balaban J connectivity index is 1.50. The zero-order valence-corrected chi connectivity index (χ0v) is 44.9. The molecule has 4 unspecified atom stereocenters. The molecule has 0 fully saturated rings. The number of hydrogen-bond donors (Lipinski definition) is 2. The van der Waals surface area contributed by atoms with Gasteiger partial charge in [0.1, 0.15) is 34.2 Å². The second-order valence-electron chi connectivity index (χ2n) is 27.2. The predicted molar refractivity (Wildman–Crippen MR) is 264 cm³/mol. The third-order valence-electron chi connectivity index (χ3n) is 13.1. The van der Waals surface area contributed by atoms with Crippen molar-refractivity contribution < 1.29 is 38.0 Å². The zero-order chi connectivity index (χ0) is 50.2. The third-order valence-corrected chi connectivity index (χ3v) is 13.1. The lowest BCUT2D eigenvalue weighted by atomic mass is 9.71. The van der Waals surface area contributed by atoms with E-state index in [1.807, 2.05) is 132 Å². The highest BCUT2D eigenvalue weighted by molar-refractivity contribution is 6.15. The molecule has 2 aromatic carbocycles. The summed E-state index contributed by atoms with van der Waals surface area (Å²) in [6.45, 7) is 49.5. The van der Waals surface area contributed by atoms with Gasteiger partial charge in [0.15, 0.2) is 0 Å². The topological polar surface area (TPSA) is 114 Å². The first-order valence-electron chi connectivity index (χ1n) is 23.8. The van der Waals surface area contributed by atoms with E-state index < -0.39 is 78.3 Å². The number of hydrogen-bond acceptors (Lipinski definition) is 8. The Hall–Kier alpha value is -4.28. The first-order chi connectivity index (χ1) is 29.5. The molecule has 0 saturated heterocycles. The predicted octanol–water partition coefficient (Wildman–Crippen LogP) is 14.3. The first-order valence-corrected chi connectivity index (χ1v) is 23.8. The highest BCUT2D eigenvalue weighted by Gasteiger charge is 2.69. The van der Waals surface area contributed by atoms with Gasteiger partial charge in [0, 0.05) is 77.6 Å². The molecule has 10 nitrogen and oxygen atoms in total. The average Bonchev–Trinajstić information content (AvgIpc) is 3.11. The molecule has 4 aliphatic heterocycles. The molecule has 0 radical (unpaired) electrons. The second-order valence-corrected chi connectivity index (χ2v) is 27.2. The van der Waals surface area contributed by atoms with Gasteiger partial charge < -0.3 is 29.6 Å². The molecule has 66 heavy (non-hydrogen) atoms. The molecule has 2 N–H and O–H groups in total. The number of ether oxygens (including phenoxy) is 6. The molecule has 364 valence electrons. The van der Waals surface area contributed by atoms with Gasteiger partial charge in [0.2, 0.25) is 11.6 Å². The highest BCUT2D eigenvalue weighted by atomic mass is 16.8. The summed E-state index contributed by atoms with van der Waals surface area (Å²) in [5.74, 6) is -4.08. The Bertz CT molecular complexity index is 2280. The highest BCUT2D eigenvalue weighted by Crippen LogP contribution is 2.63. The molecule has 4 bridgehead atoms. The third kappa shape index (κ3) is 8.28. The number of nitrogens with one attached hydrogen (secondary N) is 2. The molecule has 2 amide bonds. The van der Waals surface area contributed by atoms with Crippen molar-refractivity contribution in [1.29, 1.82) is 0 Å². The largest absolute Gasteiger partial charge is 0.461 e. The van der Waals surface area contributed by atoms with Crippen molar-refractivity contribution in [1.82, 2.24) is 0 Å². The van der Waals surface area contributed by atoms with Gasteiger partial charge in [-0.1, -0.05) is 190 Å². The number of benzene rings is 2. The Morgan fingerprint density at radius 1 is 0.409 bits per heavy atom. The normalized spacial score (nSPS) is 26.7. The van der Waals surface area contributed by atoms with Crippen LogP contribution >= 0.6 is 0 Å². The lowest BCUT2D eigenvalue weighted by molar-refractivity contribution is -0.399. The maximum Gasteiger partial charge on any atom is 0.261 e. The lowest BCUT2D eigenvalue weighted by Gasteiger charge is -2.60. The first kappa shape index (κ1) is 51.1. The van der Waals surface area contributed by atoms with Crippen LogP contribution in [0.2, 0.25) is 0 Å². The number of allylic oxidation sites excluding steroid dienone is 4. The minimum absolute atomic E-state index is 0.271. The van der Waals surface area contributed by atoms with Crippen molar-refractivity contribution in [2.75, 3.05) is 10.6 Å². The number of carbonyl (C=O) groups excluding carboxylic acids is 2. The summed E-state index contributed by atoms with van der Waals surface area (Å²) in [6, 6.07) is 11.3. The summed E-state index contributed by atoms with van der Waals surface area (Å²) in [4.78, 5) is 30.8. The van der Waals surface area contributed by atoms with Crippen LogP contribution in [0.1, 0.15) is 166 Å². The van der Waals surface area contributed by atoms with E-state index in [1.54, 1.807) is 0 Å². The molecule has 4 heterocycles. The fraction of sp³-hybridized carbons (Fsp3) is 0.643. The van der Waals surface area contributed by atoms with Gasteiger partial charge in [0.25, 0.3) is 23.4 Å². The van der Waals surface area contributed by atoms with Gasteiger partial charge >= 0.3 is 0 Å². The van der Waals surface area contributed by atoms with Crippen molar-refractivity contribution >= 4 is 34.0 Å². The van der Waals surface area contributed by atoms with Crippen molar-refractivity contribution in [3.8, 4) is 0 Å². The molecule has 0 aliphatic carbocycles. The van der Waals surface area contributed by atoms with Gasteiger partial charge in [0.05, 0.1) is 0 Å². The van der Waals surface area contributed by atoms with Crippen molar-refractivity contribution in [2.24, 2.45) is 43.3 Å². The molecular formula is C56H82N2O8. The zero-order valence-electron chi connectivity index (χ0n) is 44.9. The van der Waals surface area contributed by atoms with Crippen LogP contribution in [0.25, 0.3) is 10.8 Å². The molecular weight excluding hydrogens is 829 g/mol. The summed E-state index contributed by atoms with van der Waals surface area (Å²) in [5, 5.41) is 7.97. The van der Waals surface area contributed by atoms with E-state index in [0.717, 1.165) is 0 Å². The van der Waals surface area contributed by atoms with E-state index in [9.17, 15) is 0 Å². The number of carbonyl (C=O) groups is 2. The molecule has 4 atom stereocenters. The molecule has 0 saturated carbocycles. The van der Waals surface area contributed by atoms with Gasteiger partial charge in [-0.15, -0.1) is 0 Å². The van der Waals surface area contributed by atoms with Crippen LogP contribution in [0.15, 0.2) is 82.7 Å². The lowest BCUT2D eigenvalue weighted by Crippen LogP contribution is -2.67. The minimum Gasteiger partial charge on any atom is -0.461 e. The van der Waals surface area contributed by atoms with Gasteiger partial charge in [-0.2, -0.15) is 0 Å². The summed E-state index contributed by atoms with van der Waals surface area (Å²) in [5.41, 5.74) is -3.17. The minimum atomic E-state index is -1.55. The molecule has 4 aliphatic rings. The number of anilines is 2. The van der Waals surface area contributed by atoms with E-state index in [2.05, 4.69) is 93.7 Å². The fourth-order valence-corrected chi connectivity index (χ4v) is 8.86. The van der Waals surface area contributed by atoms with Crippen LogP contribution in [0.4, 0.5) is 11.4 Å². The maximum atomic E-state index is 15.4. The molecule has 10 heteroatoms. The van der Waals surface area contributed by atoms with E-state index in [0.29, 0.717) is 45.2 Å². The summed E-state index contributed by atoms with van der Waals surface area (Å²) >= 11 is 0. The summed E-state index contributed by atoms with van der Waals surface area (Å²) in [6.07, 6.45) is 3.93. The van der Waals surface area contributed by atoms with Gasteiger partial charge in [-0.3, -0.25) is 19.1 Å². The molecule has 6 rings (SSSR count). The van der Waals surface area contributed by atoms with Crippen LogP contribution in [0.5, 0.6) is 0 Å². The Labute approximate surface area is 396 Å². The molecule has 0 spiro atoms. The number of fused-ring (bicyclic) bond motifs is 5. The second kappa shape index (κ2) is 15.1. The van der Waals surface area contributed by atoms with Crippen LogP contribution in [0, 0.1) is 43.3 Å². The Kier molecular flexibility index (Phi) is 11.7. The van der Waals surface area contributed by atoms with Crippen molar-refractivity contribution in [3.63, 3.8) is 0 Å². The summed E-state index contributed by atoms with van der Waals surface area (Å²) in [7, 11) is 0.